The van der Waals surface area contributed by atoms with Crippen LogP contribution < -0.4 is 14.4 Å². The van der Waals surface area contributed by atoms with E-state index >= 15 is 0 Å². The van der Waals surface area contributed by atoms with E-state index in [1.54, 1.807) is 18.5 Å². The molecule has 1 amide bonds. The molecule has 4 rings (SSSR count). The van der Waals surface area contributed by atoms with Crippen LogP contribution in [0.4, 0.5) is 5.95 Å². The number of aromatic nitrogens is 2. The van der Waals surface area contributed by atoms with Gasteiger partial charge in [-0.25, -0.2) is 9.97 Å². The summed E-state index contributed by atoms with van der Waals surface area (Å²) < 4.78 is 10.8. The molecular weight excluding hydrogens is 332 g/mol. The number of carbonyl (C=O) groups is 1. The number of nitrogens with zero attached hydrogens (tertiary/aromatic N) is 4. The third-order valence-corrected chi connectivity index (χ3v) is 5.03. The second-order valence-electron chi connectivity index (χ2n) is 7.02. The van der Waals surface area contributed by atoms with Crippen LogP contribution in [0.3, 0.4) is 0 Å². The van der Waals surface area contributed by atoms with E-state index < -0.39 is 5.41 Å². The molecule has 2 aliphatic rings. The van der Waals surface area contributed by atoms with Crippen LogP contribution in [0.5, 0.6) is 11.5 Å². The maximum absolute atomic E-state index is 13.2. The highest BCUT2D eigenvalue weighted by Gasteiger charge is 2.36. The summed E-state index contributed by atoms with van der Waals surface area (Å²) in [5.74, 6) is 2.27. The molecule has 7 heteroatoms. The van der Waals surface area contributed by atoms with Gasteiger partial charge >= 0.3 is 0 Å². The minimum absolute atomic E-state index is 0.116. The summed E-state index contributed by atoms with van der Waals surface area (Å²) in [5, 5.41) is 0. The molecule has 1 aromatic carbocycles. The summed E-state index contributed by atoms with van der Waals surface area (Å²) in [6, 6.07) is 7.53. The SMILES string of the molecule is CC(C)(C(=O)N1CCN(c2ncccn2)CC1)c1ccc2c(c1)OCO2. The quantitative estimate of drug-likeness (QED) is 0.838. The fourth-order valence-corrected chi connectivity index (χ4v) is 3.37. The number of anilines is 1. The Morgan fingerprint density at radius 3 is 2.46 bits per heavy atom. The number of rotatable bonds is 3. The molecule has 0 radical (unpaired) electrons. The summed E-state index contributed by atoms with van der Waals surface area (Å²) in [7, 11) is 0. The molecule has 0 spiro atoms. The Balaban J connectivity index is 1.46. The Hall–Kier alpha value is -2.83. The third kappa shape index (κ3) is 2.94. The van der Waals surface area contributed by atoms with Gasteiger partial charge in [-0.2, -0.15) is 0 Å². The van der Waals surface area contributed by atoms with Crippen molar-refractivity contribution < 1.29 is 14.3 Å². The molecule has 0 bridgehead atoms. The number of benzene rings is 1. The lowest BCUT2D eigenvalue weighted by Crippen LogP contribution is -2.53. The van der Waals surface area contributed by atoms with E-state index in [2.05, 4.69) is 14.9 Å². The van der Waals surface area contributed by atoms with Crippen LogP contribution in [0.2, 0.25) is 0 Å². The molecule has 0 N–H and O–H groups in total. The second-order valence-corrected chi connectivity index (χ2v) is 7.02. The normalized spacial score (nSPS) is 16.7. The van der Waals surface area contributed by atoms with Gasteiger partial charge in [-0.1, -0.05) is 6.07 Å². The van der Waals surface area contributed by atoms with E-state index in [0.29, 0.717) is 18.8 Å². The van der Waals surface area contributed by atoms with Gasteiger partial charge in [0.25, 0.3) is 0 Å². The Kier molecular flexibility index (Phi) is 4.14. The third-order valence-electron chi connectivity index (χ3n) is 5.03. The van der Waals surface area contributed by atoms with E-state index in [9.17, 15) is 4.79 Å². The Bertz CT molecular complexity index is 802. The average molecular weight is 354 g/mol. The molecule has 0 unspecified atom stereocenters. The number of piperazine rings is 1. The zero-order chi connectivity index (χ0) is 18.1. The number of fused-ring (bicyclic) bond motifs is 1. The highest BCUT2D eigenvalue weighted by Crippen LogP contribution is 2.37. The smallest absolute Gasteiger partial charge is 0.232 e. The number of hydrogen-bond donors (Lipinski definition) is 0. The lowest BCUT2D eigenvalue weighted by molar-refractivity contribution is -0.136. The Morgan fingerprint density at radius 2 is 1.73 bits per heavy atom. The predicted octanol–water partition coefficient (Wildman–Crippen LogP) is 1.83. The first-order valence-electron chi connectivity index (χ1n) is 8.77. The molecule has 7 nitrogen and oxygen atoms in total. The molecule has 2 aliphatic heterocycles. The first-order chi connectivity index (χ1) is 12.6. The minimum Gasteiger partial charge on any atom is -0.454 e. The number of hydrogen-bond acceptors (Lipinski definition) is 6. The molecular formula is C19H22N4O3. The Morgan fingerprint density at radius 1 is 1.04 bits per heavy atom. The first-order valence-corrected chi connectivity index (χ1v) is 8.77. The van der Waals surface area contributed by atoms with E-state index in [1.807, 2.05) is 36.9 Å². The molecule has 3 heterocycles. The van der Waals surface area contributed by atoms with Crippen molar-refractivity contribution in [3.63, 3.8) is 0 Å². The van der Waals surface area contributed by atoms with E-state index in [1.165, 1.54) is 0 Å². The van der Waals surface area contributed by atoms with Gasteiger partial charge in [0.1, 0.15) is 0 Å². The van der Waals surface area contributed by atoms with Crippen LogP contribution in [0.25, 0.3) is 0 Å². The lowest BCUT2D eigenvalue weighted by Gasteiger charge is -2.38. The van der Waals surface area contributed by atoms with Crippen molar-refractivity contribution in [1.29, 1.82) is 0 Å². The van der Waals surface area contributed by atoms with Gasteiger partial charge in [-0.05, 0) is 37.6 Å². The molecule has 26 heavy (non-hydrogen) atoms. The second kappa shape index (κ2) is 6.48. The molecule has 136 valence electrons. The van der Waals surface area contributed by atoms with Crippen LogP contribution in [0.1, 0.15) is 19.4 Å². The van der Waals surface area contributed by atoms with Crippen LogP contribution in [0, 0.1) is 0 Å². The van der Waals surface area contributed by atoms with Crippen LogP contribution >= 0.6 is 0 Å². The van der Waals surface area contributed by atoms with Crippen molar-refractivity contribution in [2.75, 3.05) is 37.9 Å². The average Bonchev–Trinajstić information content (AvgIpc) is 3.16. The topological polar surface area (TPSA) is 67.8 Å². The fraction of sp³-hybridized carbons (Fsp3) is 0.421. The van der Waals surface area contributed by atoms with Gasteiger partial charge < -0.3 is 19.3 Å². The molecule has 2 aromatic rings. The van der Waals surface area contributed by atoms with Crippen molar-refractivity contribution in [3.05, 3.63) is 42.2 Å². The summed E-state index contributed by atoms with van der Waals surface area (Å²) in [6.45, 7) is 6.92. The van der Waals surface area contributed by atoms with Gasteiger partial charge in [0.15, 0.2) is 11.5 Å². The van der Waals surface area contributed by atoms with E-state index in [-0.39, 0.29) is 12.7 Å². The number of amides is 1. The zero-order valence-corrected chi connectivity index (χ0v) is 15.0. The summed E-state index contributed by atoms with van der Waals surface area (Å²) in [5.41, 5.74) is 0.299. The van der Waals surface area contributed by atoms with Gasteiger partial charge in [-0.3, -0.25) is 4.79 Å². The van der Waals surface area contributed by atoms with E-state index in [4.69, 9.17) is 9.47 Å². The van der Waals surface area contributed by atoms with Crippen LogP contribution in [-0.2, 0) is 10.2 Å². The molecule has 1 fully saturated rings. The summed E-state index contributed by atoms with van der Waals surface area (Å²) in [4.78, 5) is 25.8. The highest BCUT2D eigenvalue weighted by molar-refractivity contribution is 5.88. The van der Waals surface area contributed by atoms with E-state index in [0.717, 1.165) is 30.4 Å². The van der Waals surface area contributed by atoms with Gasteiger partial charge in [0.05, 0.1) is 5.41 Å². The monoisotopic (exact) mass is 354 g/mol. The van der Waals surface area contributed by atoms with Crippen molar-refractivity contribution in [2.24, 2.45) is 0 Å². The lowest BCUT2D eigenvalue weighted by atomic mass is 9.82. The number of carbonyl (C=O) groups excluding carboxylic acids is 1. The first kappa shape index (κ1) is 16.6. The largest absolute Gasteiger partial charge is 0.454 e. The summed E-state index contributed by atoms with van der Waals surface area (Å²) in [6.07, 6.45) is 3.48. The molecule has 1 aromatic heterocycles. The summed E-state index contributed by atoms with van der Waals surface area (Å²) >= 11 is 0. The molecule has 0 aliphatic carbocycles. The van der Waals surface area contributed by atoms with Gasteiger partial charge in [0.2, 0.25) is 18.6 Å². The highest BCUT2D eigenvalue weighted by atomic mass is 16.7. The minimum atomic E-state index is -0.633. The van der Waals surface area contributed by atoms with Crippen molar-refractivity contribution in [3.8, 4) is 11.5 Å². The van der Waals surface area contributed by atoms with Gasteiger partial charge in [-0.15, -0.1) is 0 Å². The maximum Gasteiger partial charge on any atom is 0.232 e. The molecule has 1 saturated heterocycles. The van der Waals surface area contributed by atoms with Crippen LogP contribution in [-0.4, -0.2) is 53.7 Å². The standard InChI is InChI=1S/C19H22N4O3/c1-19(2,14-4-5-15-16(12-14)26-13-25-15)17(24)22-8-10-23(11-9-22)18-20-6-3-7-21-18/h3-7,12H,8-11,13H2,1-2H3. The van der Waals surface area contributed by atoms with Crippen molar-refractivity contribution in [2.45, 2.75) is 19.3 Å². The van der Waals surface area contributed by atoms with Gasteiger partial charge in [0, 0.05) is 38.6 Å². The maximum atomic E-state index is 13.2. The molecule has 0 saturated carbocycles. The molecule has 0 atom stereocenters. The van der Waals surface area contributed by atoms with Crippen molar-refractivity contribution >= 4 is 11.9 Å². The van der Waals surface area contributed by atoms with Crippen LogP contribution in [0.15, 0.2) is 36.7 Å². The van der Waals surface area contributed by atoms with Crippen molar-refractivity contribution in [1.82, 2.24) is 14.9 Å². The fourth-order valence-electron chi connectivity index (χ4n) is 3.37. The number of ether oxygens (including phenoxy) is 2. The zero-order valence-electron chi connectivity index (χ0n) is 15.0. The predicted molar refractivity (Wildman–Crippen MR) is 96.4 cm³/mol. The Labute approximate surface area is 152 Å².